The quantitative estimate of drug-likeness (QED) is 0.559. The van der Waals surface area contributed by atoms with Crippen LogP contribution in [0.25, 0.3) is 0 Å². The van der Waals surface area contributed by atoms with Crippen LogP contribution in [-0.4, -0.2) is 36.2 Å². The third-order valence-electron chi connectivity index (χ3n) is 3.22. The predicted molar refractivity (Wildman–Crippen MR) is 85.1 cm³/mol. The lowest BCUT2D eigenvalue weighted by Crippen LogP contribution is -2.39. The van der Waals surface area contributed by atoms with Crippen molar-refractivity contribution in [3.05, 3.63) is 29.8 Å². The van der Waals surface area contributed by atoms with Crippen molar-refractivity contribution in [2.75, 3.05) is 18.4 Å². The van der Waals surface area contributed by atoms with Crippen LogP contribution in [0, 0.1) is 0 Å². The molecule has 6 heteroatoms. The van der Waals surface area contributed by atoms with E-state index < -0.39 is 11.8 Å². The fourth-order valence-electron chi connectivity index (χ4n) is 1.91. The monoisotopic (exact) mass is 305 g/mol. The summed E-state index contributed by atoms with van der Waals surface area (Å²) in [7, 11) is 0. The number of carbonyl (C=O) groups is 3. The van der Waals surface area contributed by atoms with E-state index in [-0.39, 0.29) is 6.54 Å². The van der Waals surface area contributed by atoms with Gasteiger partial charge in [0.05, 0.1) is 0 Å². The van der Waals surface area contributed by atoms with Crippen molar-refractivity contribution < 1.29 is 14.4 Å². The number of nitrogens with two attached hydrogens (primary N) is 1. The van der Waals surface area contributed by atoms with Crippen molar-refractivity contribution in [2.45, 2.75) is 32.6 Å². The normalized spacial score (nSPS) is 10.1. The summed E-state index contributed by atoms with van der Waals surface area (Å²) < 4.78 is 0. The standard InChI is InChI=1S/C16H23N3O3/c1-2-3-5-13-6-8-14(9-7-13)18-15(21)16(22)19(12-20)11-4-10-17/h6-9,12H,2-5,10-11,17H2,1H3,(H,18,21). The minimum atomic E-state index is -0.876. The van der Waals surface area contributed by atoms with Gasteiger partial charge in [-0.05, 0) is 43.5 Å². The van der Waals surface area contributed by atoms with Gasteiger partial charge in [0.25, 0.3) is 0 Å². The first kappa shape index (κ1) is 17.8. The molecular formula is C16H23N3O3. The molecule has 0 aliphatic heterocycles. The van der Waals surface area contributed by atoms with Gasteiger partial charge in [-0.1, -0.05) is 25.5 Å². The second kappa shape index (κ2) is 9.68. The lowest BCUT2D eigenvalue weighted by molar-refractivity contribution is -0.146. The molecule has 0 bridgehead atoms. The largest absolute Gasteiger partial charge is 0.330 e. The number of aryl methyl sites for hydroxylation is 1. The molecule has 0 aliphatic carbocycles. The number of anilines is 1. The average molecular weight is 305 g/mol. The molecule has 0 spiro atoms. The van der Waals surface area contributed by atoms with E-state index in [4.69, 9.17) is 5.73 Å². The van der Waals surface area contributed by atoms with Gasteiger partial charge in [-0.25, -0.2) is 0 Å². The molecule has 3 N–H and O–H groups in total. The van der Waals surface area contributed by atoms with Gasteiger partial charge in [0.2, 0.25) is 6.41 Å². The average Bonchev–Trinajstić information content (AvgIpc) is 2.54. The third-order valence-corrected chi connectivity index (χ3v) is 3.22. The molecule has 0 heterocycles. The van der Waals surface area contributed by atoms with Crippen LogP contribution in [0.4, 0.5) is 5.69 Å². The fraction of sp³-hybridized carbons (Fsp3) is 0.438. The van der Waals surface area contributed by atoms with Gasteiger partial charge in [-0.3, -0.25) is 19.3 Å². The zero-order valence-corrected chi connectivity index (χ0v) is 12.9. The van der Waals surface area contributed by atoms with Gasteiger partial charge in [0, 0.05) is 12.2 Å². The molecule has 1 rings (SSSR count). The maximum Gasteiger partial charge on any atom is 0.318 e. The number of nitrogens with zero attached hydrogens (tertiary/aromatic N) is 1. The molecule has 3 amide bonds. The van der Waals surface area contributed by atoms with E-state index in [0.29, 0.717) is 25.1 Å². The molecule has 0 unspecified atom stereocenters. The molecule has 6 nitrogen and oxygen atoms in total. The Bertz CT molecular complexity index is 500. The summed E-state index contributed by atoms with van der Waals surface area (Å²) in [6, 6.07) is 7.34. The van der Waals surface area contributed by atoms with E-state index in [9.17, 15) is 14.4 Å². The van der Waals surface area contributed by atoms with Gasteiger partial charge in [-0.15, -0.1) is 0 Å². The predicted octanol–water partition coefficient (Wildman–Crippen LogP) is 1.30. The van der Waals surface area contributed by atoms with Gasteiger partial charge in [0.15, 0.2) is 0 Å². The Balaban J connectivity index is 2.59. The Morgan fingerprint density at radius 3 is 2.45 bits per heavy atom. The molecule has 22 heavy (non-hydrogen) atoms. The third kappa shape index (κ3) is 5.65. The smallest absolute Gasteiger partial charge is 0.318 e. The van der Waals surface area contributed by atoms with Gasteiger partial charge < -0.3 is 11.1 Å². The van der Waals surface area contributed by atoms with Crippen LogP contribution >= 0.6 is 0 Å². The van der Waals surface area contributed by atoms with Crippen molar-refractivity contribution in [2.24, 2.45) is 5.73 Å². The van der Waals surface area contributed by atoms with Crippen LogP contribution < -0.4 is 11.1 Å². The molecule has 0 saturated carbocycles. The highest BCUT2D eigenvalue weighted by Gasteiger charge is 2.20. The first-order valence-electron chi connectivity index (χ1n) is 7.48. The van der Waals surface area contributed by atoms with Crippen molar-refractivity contribution in [3.8, 4) is 0 Å². The van der Waals surface area contributed by atoms with Crippen LogP contribution in [0.3, 0.4) is 0 Å². The fourth-order valence-corrected chi connectivity index (χ4v) is 1.91. The number of unbranched alkanes of at least 4 members (excludes halogenated alkanes) is 1. The number of hydrogen-bond donors (Lipinski definition) is 2. The summed E-state index contributed by atoms with van der Waals surface area (Å²) in [6.45, 7) is 2.62. The molecular weight excluding hydrogens is 282 g/mol. The minimum Gasteiger partial charge on any atom is -0.330 e. The van der Waals surface area contributed by atoms with Crippen molar-refractivity contribution in [1.82, 2.24) is 4.90 Å². The van der Waals surface area contributed by atoms with E-state index in [1.807, 2.05) is 12.1 Å². The SMILES string of the molecule is CCCCc1ccc(NC(=O)C(=O)N(C=O)CCCN)cc1. The molecule has 0 fully saturated rings. The van der Waals surface area contributed by atoms with Gasteiger partial charge in [-0.2, -0.15) is 0 Å². The van der Waals surface area contributed by atoms with E-state index in [0.717, 1.165) is 24.2 Å². The van der Waals surface area contributed by atoms with Crippen molar-refractivity contribution in [3.63, 3.8) is 0 Å². The molecule has 0 radical (unpaired) electrons. The van der Waals surface area contributed by atoms with Crippen molar-refractivity contribution in [1.29, 1.82) is 0 Å². The Labute approximate surface area is 130 Å². The Morgan fingerprint density at radius 2 is 1.91 bits per heavy atom. The summed E-state index contributed by atoms with van der Waals surface area (Å²) >= 11 is 0. The first-order chi connectivity index (χ1) is 10.6. The summed E-state index contributed by atoms with van der Waals surface area (Å²) in [5, 5.41) is 2.50. The Hall–Kier alpha value is -2.21. The molecule has 0 aliphatic rings. The zero-order valence-electron chi connectivity index (χ0n) is 12.9. The van der Waals surface area contributed by atoms with Gasteiger partial charge >= 0.3 is 11.8 Å². The number of benzene rings is 1. The van der Waals surface area contributed by atoms with E-state index in [1.54, 1.807) is 12.1 Å². The molecule has 1 aromatic rings. The van der Waals surface area contributed by atoms with Crippen LogP contribution in [0.5, 0.6) is 0 Å². The number of rotatable bonds is 8. The number of amides is 3. The van der Waals surface area contributed by atoms with Crippen LogP contribution in [0.2, 0.25) is 0 Å². The second-order valence-corrected chi connectivity index (χ2v) is 5.00. The van der Waals surface area contributed by atoms with E-state index in [2.05, 4.69) is 12.2 Å². The molecule has 120 valence electrons. The summed E-state index contributed by atoms with van der Waals surface area (Å²) in [6.07, 6.45) is 4.04. The summed E-state index contributed by atoms with van der Waals surface area (Å²) in [5.41, 5.74) is 7.04. The first-order valence-corrected chi connectivity index (χ1v) is 7.48. The van der Waals surface area contributed by atoms with Crippen LogP contribution in [0.15, 0.2) is 24.3 Å². The highest BCUT2D eigenvalue weighted by molar-refractivity contribution is 6.41. The molecule has 0 atom stereocenters. The topological polar surface area (TPSA) is 92.5 Å². The van der Waals surface area contributed by atoms with E-state index >= 15 is 0 Å². The Morgan fingerprint density at radius 1 is 1.23 bits per heavy atom. The summed E-state index contributed by atoms with van der Waals surface area (Å²) in [5.74, 6) is -1.70. The van der Waals surface area contributed by atoms with Crippen molar-refractivity contribution >= 4 is 23.9 Å². The van der Waals surface area contributed by atoms with E-state index in [1.165, 1.54) is 5.56 Å². The number of imide groups is 1. The van der Waals surface area contributed by atoms with Crippen LogP contribution in [-0.2, 0) is 20.8 Å². The maximum absolute atomic E-state index is 11.8. The lowest BCUT2D eigenvalue weighted by Gasteiger charge is -2.14. The molecule has 0 saturated heterocycles. The number of nitrogens with one attached hydrogen (secondary N) is 1. The number of carbonyl (C=O) groups excluding carboxylic acids is 3. The van der Waals surface area contributed by atoms with Gasteiger partial charge in [0.1, 0.15) is 0 Å². The zero-order chi connectivity index (χ0) is 16.4. The second-order valence-electron chi connectivity index (χ2n) is 5.00. The number of hydrogen-bond acceptors (Lipinski definition) is 4. The molecule has 0 aromatic heterocycles. The molecule has 1 aromatic carbocycles. The highest BCUT2D eigenvalue weighted by Crippen LogP contribution is 2.12. The summed E-state index contributed by atoms with van der Waals surface area (Å²) in [4.78, 5) is 35.3. The highest BCUT2D eigenvalue weighted by atomic mass is 16.2. The lowest BCUT2D eigenvalue weighted by atomic mass is 10.1. The Kier molecular flexibility index (Phi) is 7.85. The minimum absolute atomic E-state index is 0.141. The maximum atomic E-state index is 11.8. The van der Waals surface area contributed by atoms with Crippen LogP contribution in [0.1, 0.15) is 31.7 Å².